The number of piperidine rings is 1. The number of anilines is 1. The molecule has 1 heterocycles. The molecule has 1 saturated heterocycles. The van der Waals surface area contributed by atoms with Crippen molar-refractivity contribution in [1.29, 1.82) is 0 Å². The van der Waals surface area contributed by atoms with E-state index in [1.165, 1.54) is 4.90 Å². The maximum atomic E-state index is 12.8. The summed E-state index contributed by atoms with van der Waals surface area (Å²) in [5.74, 6) is -4.56. The highest BCUT2D eigenvalue weighted by Gasteiger charge is 2.42. The molecule has 1 aliphatic heterocycles. The molecule has 1 amide bonds. The van der Waals surface area contributed by atoms with E-state index in [2.05, 4.69) is 0 Å². The van der Waals surface area contributed by atoms with Gasteiger partial charge in [0.2, 0.25) is 0 Å². The maximum Gasteiger partial charge on any atom is 0.490 e. The van der Waals surface area contributed by atoms with Crippen LogP contribution in [-0.2, 0) is 4.79 Å². The quantitative estimate of drug-likeness (QED) is 0.698. The molecule has 1 unspecified atom stereocenters. The smallest absolute Gasteiger partial charge is 0.475 e. The SMILES string of the molecule is CN(CCO)c1ccc(C(=O)N2CCCC(C(F)(F)F)C2)cc1.O=C(O)C(F)(F)F. The van der Waals surface area contributed by atoms with Gasteiger partial charge in [-0.3, -0.25) is 4.79 Å². The summed E-state index contributed by atoms with van der Waals surface area (Å²) in [4.78, 5) is 24.4. The van der Waals surface area contributed by atoms with E-state index in [1.807, 2.05) is 11.9 Å². The zero-order chi connectivity index (χ0) is 23.1. The summed E-state index contributed by atoms with van der Waals surface area (Å²) in [6, 6.07) is 6.69. The lowest BCUT2D eigenvalue weighted by molar-refractivity contribution is -0.192. The first-order chi connectivity index (χ1) is 13.8. The number of carbonyl (C=O) groups is 2. The van der Waals surface area contributed by atoms with Crippen LogP contribution in [0.4, 0.5) is 32.0 Å². The minimum atomic E-state index is -5.08. The minimum absolute atomic E-state index is 0.0176. The molecule has 6 nitrogen and oxygen atoms in total. The standard InChI is InChI=1S/C16H21F3N2O2.C2HF3O2/c1-20(9-10-22)14-6-4-12(5-7-14)15(23)21-8-2-3-13(11-21)16(17,18)19;3-2(4,5)1(6)7/h4-7,13,22H,2-3,8-11H2,1H3;(H,6,7). The van der Waals surface area contributed by atoms with E-state index in [9.17, 15) is 31.1 Å². The molecule has 12 heteroatoms. The van der Waals surface area contributed by atoms with Crippen molar-refractivity contribution in [3.8, 4) is 0 Å². The Hall–Kier alpha value is -2.50. The molecule has 0 radical (unpaired) electrons. The number of aliphatic carboxylic acids is 1. The number of carboxylic acids is 1. The molecule has 1 aliphatic rings. The second-order valence-electron chi connectivity index (χ2n) is 6.63. The molecule has 0 saturated carbocycles. The number of likely N-dealkylation sites (tertiary alicyclic amines) is 1. The van der Waals surface area contributed by atoms with Crippen molar-refractivity contribution in [3.63, 3.8) is 0 Å². The van der Waals surface area contributed by atoms with Crippen molar-refractivity contribution in [2.75, 3.05) is 38.2 Å². The van der Waals surface area contributed by atoms with Crippen LogP contribution in [0.2, 0.25) is 0 Å². The summed E-state index contributed by atoms with van der Waals surface area (Å²) < 4.78 is 70.2. The zero-order valence-electron chi connectivity index (χ0n) is 16.0. The van der Waals surface area contributed by atoms with Crippen molar-refractivity contribution in [2.45, 2.75) is 25.2 Å². The highest BCUT2D eigenvalue weighted by atomic mass is 19.4. The van der Waals surface area contributed by atoms with Crippen molar-refractivity contribution in [1.82, 2.24) is 4.90 Å². The van der Waals surface area contributed by atoms with E-state index < -0.39 is 24.2 Å². The van der Waals surface area contributed by atoms with Gasteiger partial charge in [-0.15, -0.1) is 0 Å². The van der Waals surface area contributed by atoms with Crippen LogP contribution in [0, 0.1) is 5.92 Å². The molecular weight excluding hydrogens is 422 g/mol. The first-order valence-electron chi connectivity index (χ1n) is 8.85. The average Bonchev–Trinajstić information content (AvgIpc) is 2.67. The number of halogens is 6. The Bertz CT molecular complexity index is 706. The molecule has 0 spiro atoms. The number of rotatable bonds is 4. The Morgan fingerprint density at radius 1 is 1.13 bits per heavy atom. The van der Waals surface area contributed by atoms with Gasteiger partial charge in [-0.2, -0.15) is 26.3 Å². The molecular formula is C18H22F6N2O4. The number of carbonyl (C=O) groups excluding carboxylic acids is 1. The lowest BCUT2D eigenvalue weighted by atomic mass is 9.97. The Morgan fingerprint density at radius 3 is 2.10 bits per heavy atom. The minimum Gasteiger partial charge on any atom is -0.475 e. The van der Waals surface area contributed by atoms with E-state index in [-0.39, 0.29) is 25.5 Å². The first kappa shape index (κ1) is 25.5. The van der Waals surface area contributed by atoms with Gasteiger partial charge in [0.15, 0.2) is 0 Å². The van der Waals surface area contributed by atoms with E-state index in [0.29, 0.717) is 25.1 Å². The van der Waals surface area contributed by atoms with Gasteiger partial charge in [0.1, 0.15) is 0 Å². The second kappa shape index (κ2) is 10.5. The van der Waals surface area contributed by atoms with E-state index in [0.717, 1.165) is 5.69 Å². The molecule has 170 valence electrons. The fourth-order valence-corrected chi connectivity index (χ4v) is 2.75. The van der Waals surface area contributed by atoms with Crippen LogP contribution >= 0.6 is 0 Å². The Kier molecular flexibility index (Phi) is 8.94. The number of hydrogen-bond donors (Lipinski definition) is 2. The Labute approximate surface area is 168 Å². The van der Waals surface area contributed by atoms with Gasteiger partial charge in [0, 0.05) is 37.9 Å². The van der Waals surface area contributed by atoms with E-state index in [4.69, 9.17) is 15.0 Å². The fraction of sp³-hybridized carbons (Fsp3) is 0.556. The highest BCUT2D eigenvalue weighted by Crippen LogP contribution is 2.33. The monoisotopic (exact) mass is 444 g/mol. The molecule has 1 atom stereocenters. The number of aliphatic hydroxyl groups excluding tert-OH is 1. The van der Waals surface area contributed by atoms with Crippen LogP contribution in [0.25, 0.3) is 0 Å². The van der Waals surface area contributed by atoms with Crippen LogP contribution in [0.15, 0.2) is 24.3 Å². The topological polar surface area (TPSA) is 81.1 Å². The average molecular weight is 444 g/mol. The molecule has 30 heavy (non-hydrogen) atoms. The lowest BCUT2D eigenvalue weighted by Crippen LogP contribution is -2.44. The number of carboxylic acid groups (broad SMARTS) is 1. The number of benzene rings is 1. The third-order valence-electron chi connectivity index (χ3n) is 4.40. The van der Waals surface area contributed by atoms with Crippen LogP contribution in [-0.4, -0.2) is 72.6 Å². The number of amides is 1. The van der Waals surface area contributed by atoms with Crippen molar-refractivity contribution in [2.24, 2.45) is 5.92 Å². The Morgan fingerprint density at radius 2 is 1.67 bits per heavy atom. The van der Waals surface area contributed by atoms with Gasteiger partial charge in [0.25, 0.3) is 5.91 Å². The van der Waals surface area contributed by atoms with Crippen LogP contribution < -0.4 is 4.90 Å². The molecule has 1 aromatic carbocycles. The van der Waals surface area contributed by atoms with Crippen LogP contribution in [0.1, 0.15) is 23.2 Å². The third-order valence-corrected chi connectivity index (χ3v) is 4.40. The van der Waals surface area contributed by atoms with E-state index in [1.54, 1.807) is 24.3 Å². The van der Waals surface area contributed by atoms with Crippen LogP contribution in [0.5, 0.6) is 0 Å². The second-order valence-corrected chi connectivity index (χ2v) is 6.63. The van der Waals surface area contributed by atoms with Gasteiger partial charge >= 0.3 is 18.3 Å². The van der Waals surface area contributed by atoms with Gasteiger partial charge in [-0.05, 0) is 37.1 Å². The van der Waals surface area contributed by atoms with E-state index >= 15 is 0 Å². The number of hydrogen-bond acceptors (Lipinski definition) is 4. The van der Waals surface area contributed by atoms with Gasteiger partial charge in [-0.1, -0.05) is 0 Å². The van der Waals surface area contributed by atoms with Gasteiger partial charge < -0.3 is 20.0 Å². The normalized spacial score (nSPS) is 17.1. The summed E-state index contributed by atoms with van der Waals surface area (Å²) in [5.41, 5.74) is 1.22. The van der Waals surface area contributed by atoms with Crippen molar-refractivity contribution in [3.05, 3.63) is 29.8 Å². The summed E-state index contributed by atoms with van der Waals surface area (Å²) in [7, 11) is 1.81. The predicted molar refractivity (Wildman–Crippen MR) is 95.2 cm³/mol. The van der Waals surface area contributed by atoms with Gasteiger partial charge in [0.05, 0.1) is 12.5 Å². The molecule has 0 aromatic heterocycles. The fourth-order valence-electron chi connectivity index (χ4n) is 2.75. The molecule has 1 aromatic rings. The number of aliphatic hydroxyl groups is 1. The van der Waals surface area contributed by atoms with Crippen molar-refractivity contribution < 1.29 is 46.1 Å². The number of nitrogens with zero attached hydrogens (tertiary/aromatic N) is 2. The summed E-state index contributed by atoms with van der Waals surface area (Å²) in [6.45, 7) is 0.572. The summed E-state index contributed by atoms with van der Waals surface area (Å²) in [6.07, 6.45) is -8.89. The molecule has 2 N–H and O–H groups in total. The van der Waals surface area contributed by atoms with Crippen LogP contribution in [0.3, 0.4) is 0 Å². The molecule has 1 fully saturated rings. The zero-order valence-corrected chi connectivity index (χ0v) is 16.0. The maximum absolute atomic E-state index is 12.8. The number of likely N-dealkylation sites (N-methyl/N-ethyl adjacent to an activating group) is 1. The largest absolute Gasteiger partial charge is 0.490 e. The van der Waals surface area contributed by atoms with Crippen molar-refractivity contribution >= 4 is 17.6 Å². The highest BCUT2D eigenvalue weighted by molar-refractivity contribution is 5.94. The predicted octanol–water partition coefficient (Wildman–Crippen LogP) is 3.16. The van der Waals surface area contributed by atoms with Gasteiger partial charge in [-0.25, -0.2) is 4.79 Å². The lowest BCUT2D eigenvalue weighted by Gasteiger charge is -2.33. The molecule has 2 rings (SSSR count). The molecule has 0 aliphatic carbocycles. The summed E-state index contributed by atoms with van der Waals surface area (Å²) in [5, 5.41) is 16.0. The number of alkyl halides is 6. The third kappa shape index (κ3) is 7.73. The molecule has 0 bridgehead atoms. The first-order valence-corrected chi connectivity index (χ1v) is 8.85. The Balaban J connectivity index is 0.000000553. The summed E-state index contributed by atoms with van der Waals surface area (Å²) >= 11 is 0.